The first-order valence-corrected chi connectivity index (χ1v) is 6.03. The average molecular weight is 241 g/mol. The molecule has 1 saturated heterocycles. The van der Waals surface area contributed by atoms with Gasteiger partial charge in [-0.05, 0) is 31.6 Å². The Hall–Kier alpha value is -1.30. The molecule has 1 amide bonds. The van der Waals surface area contributed by atoms with Crippen LogP contribution < -0.4 is 11.1 Å². The van der Waals surface area contributed by atoms with Crippen LogP contribution >= 0.6 is 0 Å². The molecule has 17 heavy (non-hydrogen) atoms. The minimum Gasteiger partial charge on any atom is -0.409 e. The van der Waals surface area contributed by atoms with Gasteiger partial charge >= 0.3 is 0 Å². The number of hydrogen-bond acceptors (Lipinski definition) is 4. The van der Waals surface area contributed by atoms with Gasteiger partial charge in [0.05, 0.1) is 0 Å². The van der Waals surface area contributed by atoms with E-state index in [0.717, 1.165) is 0 Å². The van der Waals surface area contributed by atoms with Crippen molar-refractivity contribution in [2.45, 2.75) is 25.7 Å². The number of hydrogen-bond donors (Lipinski definition) is 3. The summed E-state index contributed by atoms with van der Waals surface area (Å²) in [5, 5.41) is 14.8. The third kappa shape index (κ3) is 2.52. The number of carbonyl (C=O) groups is 1. The van der Waals surface area contributed by atoms with Crippen molar-refractivity contribution in [1.29, 1.82) is 0 Å². The third-order valence-electron chi connectivity index (χ3n) is 3.63. The van der Waals surface area contributed by atoms with E-state index in [1.807, 2.05) is 0 Å². The second-order valence-corrected chi connectivity index (χ2v) is 4.83. The fourth-order valence-corrected chi connectivity index (χ4v) is 2.14. The summed E-state index contributed by atoms with van der Waals surface area (Å²) in [7, 11) is 0. The number of nitrogens with one attached hydrogen (secondary N) is 1. The Morgan fingerprint density at radius 3 is 2.65 bits per heavy atom. The van der Waals surface area contributed by atoms with Crippen LogP contribution in [0.15, 0.2) is 5.16 Å². The SMILES string of the molecule is NC(=NO)C1(C(=O)NCC2CC2)CCOCC1. The van der Waals surface area contributed by atoms with E-state index in [4.69, 9.17) is 15.7 Å². The first kappa shape index (κ1) is 12.2. The molecule has 0 aromatic carbocycles. The van der Waals surface area contributed by atoms with E-state index in [1.165, 1.54) is 12.8 Å². The fraction of sp³-hybridized carbons (Fsp3) is 0.818. The molecule has 1 heterocycles. The molecule has 6 heteroatoms. The van der Waals surface area contributed by atoms with E-state index in [1.54, 1.807) is 0 Å². The van der Waals surface area contributed by atoms with E-state index >= 15 is 0 Å². The van der Waals surface area contributed by atoms with Crippen LogP contribution in [0.1, 0.15) is 25.7 Å². The van der Waals surface area contributed by atoms with Gasteiger partial charge in [-0.25, -0.2) is 0 Å². The summed E-state index contributed by atoms with van der Waals surface area (Å²) in [4.78, 5) is 12.2. The lowest BCUT2D eigenvalue weighted by Gasteiger charge is -2.34. The molecule has 2 aliphatic rings. The van der Waals surface area contributed by atoms with Crippen LogP contribution in [-0.4, -0.2) is 36.7 Å². The van der Waals surface area contributed by atoms with Gasteiger partial charge in [0, 0.05) is 19.8 Å². The number of amidine groups is 1. The molecule has 1 aliphatic carbocycles. The lowest BCUT2D eigenvalue weighted by atomic mass is 9.78. The van der Waals surface area contributed by atoms with E-state index in [2.05, 4.69) is 10.5 Å². The summed E-state index contributed by atoms with van der Waals surface area (Å²) in [5.41, 5.74) is 4.80. The van der Waals surface area contributed by atoms with Gasteiger partial charge in [0.15, 0.2) is 5.84 Å². The van der Waals surface area contributed by atoms with Crippen LogP contribution in [0, 0.1) is 11.3 Å². The van der Waals surface area contributed by atoms with Crippen molar-refractivity contribution in [2.75, 3.05) is 19.8 Å². The number of rotatable bonds is 4. The van der Waals surface area contributed by atoms with Gasteiger partial charge in [0.1, 0.15) is 5.41 Å². The second-order valence-electron chi connectivity index (χ2n) is 4.83. The minimum atomic E-state index is -0.887. The zero-order valence-corrected chi connectivity index (χ0v) is 9.82. The maximum atomic E-state index is 12.2. The Kier molecular flexibility index (Phi) is 3.51. The second kappa shape index (κ2) is 4.91. The molecule has 4 N–H and O–H groups in total. The maximum absolute atomic E-state index is 12.2. The molecule has 1 saturated carbocycles. The molecule has 0 radical (unpaired) electrons. The average Bonchev–Trinajstić information content (AvgIpc) is 3.19. The molecule has 0 atom stereocenters. The molecule has 1 aliphatic heterocycles. The van der Waals surface area contributed by atoms with Crippen LogP contribution in [0.3, 0.4) is 0 Å². The number of oxime groups is 1. The fourth-order valence-electron chi connectivity index (χ4n) is 2.14. The van der Waals surface area contributed by atoms with Gasteiger partial charge in [-0.1, -0.05) is 5.16 Å². The van der Waals surface area contributed by atoms with Crippen LogP contribution in [0.5, 0.6) is 0 Å². The van der Waals surface area contributed by atoms with Crippen molar-refractivity contribution < 1.29 is 14.7 Å². The summed E-state index contributed by atoms with van der Waals surface area (Å²) in [6.07, 6.45) is 3.30. The lowest BCUT2D eigenvalue weighted by molar-refractivity contribution is -0.131. The molecule has 0 aromatic rings. The van der Waals surface area contributed by atoms with Gasteiger partial charge in [-0.2, -0.15) is 0 Å². The summed E-state index contributed by atoms with van der Waals surface area (Å²) in [6, 6.07) is 0. The van der Waals surface area contributed by atoms with Crippen LogP contribution in [0.4, 0.5) is 0 Å². The number of nitrogens with zero attached hydrogens (tertiary/aromatic N) is 1. The van der Waals surface area contributed by atoms with Crippen molar-refractivity contribution in [3.8, 4) is 0 Å². The van der Waals surface area contributed by atoms with E-state index in [9.17, 15) is 4.79 Å². The molecule has 0 bridgehead atoms. The minimum absolute atomic E-state index is 0.00547. The van der Waals surface area contributed by atoms with Crippen molar-refractivity contribution in [3.63, 3.8) is 0 Å². The van der Waals surface area contributed by atoms with E-state index in [0.29, 0.717) is 38.5 Å². The molecule has 0 spiro atoms. The zero-order valence-electron chi connectivity index (χ0n) is 9.82. The summed E-state index contributed by atoms with van der Waals surface area (Å²) < 4.78 is 5.24. The van der Waals surface area contributed by atoms with Gasteiger partial charge < -0.3 is 21.0 Å². The predicted molar refractivity (Wildman–Crippen MR) is 61.6 cm³/mol. The van der Waals surface area contributed by atoms with Crippen LogP contribution in [0.25, 0.3) is 0 Å². The first-order valence-electron chi connectivity index (χ1n) is 6.03. The van der Waals surface area contributed by atoms with Crippen molar-refractivity contribution in [3.05, 3.63) is 0 Å². The van der Waals surface area contributed by atoms with Gasteiger partial charge in [-0.3, -0.25) is 4.79 Å². The van der Waals surface area contributed by atoms with Crippen molar-refractivity contribution >= 4 is 11.7 Å². The summed E-state index contributed by atoms with van der Waals surface area (Å²) in [5.74, 6) is 0.472. The third-order valence-corrected chi connectivity index (χ3v) is 3.63. The maximum Gasteiger partial charge on any atom is 0.234 e. The van der Waals surface area contributed by atoms with Crippen LogP contribution in [0.2, 0.25) is 0 Å². The smallest absolute Gasteiger partial charge is 0.234 e. The quantitative estimate of drug-likeness (QED) is 0.280. The molecule has 2 fully saturated rings. The molecule has 96 valence electrons. The lowest BCUT2D eigenvalue weighted by Crippen LogP contribution is -2.53. The number of ether oxygens (including phenoxy) is 1. The standard InChI is InChI=1S/C11H19N3O3/c12-9(14-16)11(3-5-17-6-4-11)10(15)13-7-8-1-2-8/h8,16H,1-7H2,(H2,12,14)(H,13,15). The topological polar surface area (TPSA) is 96.9 Å². The Morgan fingerprint density at radius 1 is 1.47 bits per heavy atom. The van der Waals surface area contributed by atoms with Gasteiger partial charge in [0.2, 0.25) is 5.91 Å². The number of carbonyl (C=O) groups excluding carboxylic acids is 1. The summed E-state index contributed by atoms with van der Waals surface area (Å²) >= 11 is 0. The highest BCUT2D eigenvalue weighted by atomic mass is 16.5. The molecule has 0 unspecified atom stereocenters. The van der Waals surface area contributed by atoms with E-state index < -0.39 is 5.41 Å². The molecule has 0 aromatic heterocycles. The first-order chi connectivity index (χ1) is 8.19. The van der Waals surface area contributed by atoms with Crippen molar-refractivity contribution in [2.24, 2.45) is 22.2 Å². The highest BCUT2D eigenvalue weighted by Gasteiger charge is 2.44. The molecule has 2 rings (SSSR count). The Balaban J connectivity index is 2.04. The van der Waals surface area contributed by atoms with Crippen molar-refractivity contribution in [1.82, 2.24) is 5.32 Å². The number of nitrogens with two attached hydrogens (primary N) is 1. The Labute approximate surface area is 100 Å². The van der Waals surface area contributed by atoms with Gasteiger partial charge in [-0.15, -0.1) is 0 Å². The highest BCUT2D eigenvalue weighted by Crippen LogP contribution is 2.32. The van der Waals surface area contributed by atoms with Gasteiger partial charge in [0.25, 0.3) is 0 Å². The summed E-state index contributed by atoms with van der Waals surface area (Å²) in [6.45, 7) is 1.63. The number of amides is 1. The predicted octanol–water partition coefficient (Wildman–Crippen LogP) is 0.0558. The molecular formula is C11H19N3O3. The normalized spacial score (nSPS) is 24.4. The Bertz CT molecular complexity index is 320. The zero-order chi connectivity index (χ0) is 12.3. The van der Waals surface area contributed by atoms with E-state index in [-0.39, 0.29) is 11.7 Å². The Morgan fingerprint density at radius 2 is 2.12 bits per heavy atom. The monoisotopic (exact) mass is 241 g/mol. The largest absolute Gasteiger partial charge is 0.409 e. The molecule has 6 nitrogen and oxygen atoms in total. The highest BCUT2D eigenvalue weighted by molar-refractivity contribution is 6.06. The molecular weight excluding hydrogens is 222 g/mol. The van der Waals surface area contributed by atoms with Crippen LogP contribution in [-0.2, 0) is 9.53 Å².